The van der Waals surface area contributed by atoms with E-state index in [0.717, 1.165) is 18.4 Å². The number of rotatable bonds is 4. The molecule has 0 N–H and O–H groups in total. The number of hydrogen-bond donors (Lipinski definition) is 0. The molecule has 0 amide bonds. The zero-order chi connectivity index (χ0) is 13.0. The van der Waals surface area contributed by atoms with Crippen molar-refractivity contribution in [1.82, 2.24) is 0 Å². The molecule has 2 rings (SSSR count). The third kappa shape index (κ3) is 3.08. The summed E-state index contributed by atoms with van der Waals surface area (Å²) < 4.78 is 32.7. The first-order chi connectivity index (χ1) is 8.72. The molecule has 0 aromatic heterocycles. The molecule has 0 unspecified atom stereocenters. The molecule has 1 aromatic carbocycles. The van der Waals surface area contributed by atoms with Crippen LogP contribution in [0.5, 0.6) is 0 Å². The lowest BCUT2D eigenvalue weighted by Gasteiger charge is -2.22. The zero-order valence-electron chi connectivity index (χ0n) is 10.8. The van der Waals surface area contributed by atoms with Crippen LogP contribution in [0.1, 0.15) is 49.1 Å². The molecule has 0 bridgehead atoms. The molecule has 1 aliphatic rings. The van der Waals surface area contributed by atoms with Gasteiger partial charge in [-0.15, -0.1) is 0 Å². The van der Waals surface area contributed by atoms with Crippen molar-refractivity contribution in [3.05, 3.63) is 34.9 Å². The molecule has 1 aromatic rings. The van der Waals surface area contributed by atoms with Crippen LogP contribution in [0, 0.1) is 11.6 Å². The van der Waals surface area contributed by atoms with Gasteiger partial charge >= 0.3 is 0 Å². The van der Waals surface area contributed by atoms with E-state index in [1.54, 1.807) is 0 Å². The second kappa shape index (κ2) is 6.28. The molecule has 18 heavy (non-hydrogen) atoms. The molecule has 1 saturated carbocycles. The Kier molecular flexibility index (Phi) is 4.70. The van der Waals surface area contributed by atoms with E-state index in [4.69, 9.17) is 4.74 Å². The van der Waals surface area contributed by atoms with Gasteiger partial charge in [-0.2, -0.15) is 0 Å². The van der Waals surface area contributed by atoms with Crippen molar-refractivity contribution in [2.45, 2.75) is 44.4 Å². The molecule has 100 valence electrons. The van der Waals surface area contributed by atoms with Gasteiger partial charge in [0.2, 0.25) is 0 Å². The van der Waals surface area contributed by atoms with Crippen LogP contribution in [0.15, 0.2) is 12.1 Å². The maximum atomic E-state index is 13.9. The maximum absolute atomic E-state index is 13.9. The number of halogens is 2. The summed E-state index contributed by atoms with van der Waals surface area (Å²) in [6.45, 7) is 0.344. The molecular formula is C15H20F2O. The summed E-state index contributed by atoms with van der Waals surface area (Å²) in [5.74, 6) is -0.514. The number of hydrogen-bond acceptors (Lipinski definition) is 1. The number of ether oxygens (including phenoxy) is 1. The van der Waals surface area contributed by atoms with E-state index in [-0.39, 0.29) is 5.56 Å². The van der Waals surface area contributed by atoms with Gasteiger partial charge in [0.15, 0.2) is 0 Å². The van der Waals surface area contributed by atoms with Crippen LogP contribution in [0.2, 0.25) is 0 Å². The first-order valence-corrected chi connectivity index (χ1v) is 6.69. The molecule has 1 nitrogen and oxygen atoms in total. The van der Waals surface area contributed by atoms with Crippen molar-refractivity contribution in [3.63, 3.8) is 0 Å². The predicted octanol–water partition coefficient (Wildman–Crippen LogP) is 4.20. The van der Waals surface area contributed by atoms with E-state index < -0.39 is 11.6 Å². The smallest absolute Gasteiger partial charge is 0.129 e. The summed E-state index contributed by atoms with van der Waals surface area (Å²) in [6, 6.07) is 3.04. The Balaban J connectivity index is 2.18. The SMILES string of the molecule is COCCc1c(F)cc(C2CCCCC2)cc1F. The Bertz CT molecular complexity index is 374. The van der Waals surface area contributed by atoms with Gasteiger partial charge in [-0.05, 0) is 36.5 Å². The van der Waals surface area contributed by atoms with Crippen molar-refractivity contribution in [1.29, 1.82) is 0 Å². The largest absolute Gasteiger partial charge is 0.384 e. The average Bonchev–Trinajstić information content (AvgIpc) is 2.39. The molecule has 1 aliphatic carbocycles. The Morgan fingerprint density at radius 1 is 1.11 bits per heavy atom. The van der Waals surface area contributed by atoms with E-state index >= 15 is 0 Å². The fraction of sp³-hybridized carbons (Fsp3) is 0.600. The van der Waals surface area contributed by atoms with E-state index in [1.165, 1.54) is 38.5 Å². The van der Waals surface area contributed by atoms with Gasteiger partial charge in [0, 0.05) is 19.1 Å². The summed E-state index contributed by atoms with van der Waals surface area (Å²) in [7, 11) is 1.53. The van der Waals surface area contributed by atoms with E-state index in [2.05, 4.69) is 0 Å². The first-order valence-electron chi connectivity index (χ1n) is 6.69. The molecule has 3 heteroatoms. The zero-order valence-corrected chi connectivity index (χ0v) is 10.8. The van der Waals surface area contributed by atoms with Crippen LogP contribution in [-0.2, 0) is 11.2 Å². The fourth-order valence-electron chi connectivity index (χ4n) is 2.74. The van der Waals surface area contributed by atoms with Gasteiger partial charge in [0.1, 0.15) is 11.6 Å². The monoisotopic (exact) mass is 254 g/mol. The van der Waals surface area contributed by atoms with Crippen LogP contribution >= 0.6 is 0 Å². The second-order valence-corrected chi connectivity index (χ2v) is 5.04. The van der Waals surface area contributed by atoms with E-state index in [0.29, 0.717) is 18.9 Å². The van der Waals surface area contributed by atoms with Crippen molar-refractivity contribution < 1.29 is 13.5 Å². The molecule has 0 radical (unpaired) electrons. The molecule has 0 heterocycles. The van der Waals surface area contributed by atoms with Crippen molar-refractivity contribution in [2.75, 3.05) is 13.7 Å². The highest BCUT2D eigenvalue weighted by Gasteiger charge is 2.19. The van der Waals surface area contributed by atoms with Crippen molar-refractivity contribution in [3.8, 4) is 0 Å². The normalized spacial score (nSPS) is 17.1. The van der Waals surface area contributed by atoms with Gasteiger partial charge in [0.05, 0.1) is 6.61 Å². The number of benzene rings is 1. The summed E-state index contributed by atoms with van der Waals surface area (Å²) in [5.41, 5.74) is 0.974. The minimum atomic E-state index is -0.423. The third-order valence-electron chi connectivity index (χ3n) is 3.80. The quantitative estimate of drug-likeness (QED) is 0.782. The maximum Gasteiger partial charge on any atom is 0.129 e. The lowest BCUT2D eigenvalue weighted by atomic mass is 9.83. The number of methoxy groups -OCH3 is 1. The molecular weight excluding hydrogens is 234 g/mol. The van der Waals surface area contributed by atoms with Crippen LogP contribution in [0.25, 0.3) is 0 Å². The summed E-state index contributed by atoms with van der Waals surface area (Å²) in [5, 5.41) is 0. The van der Waals surface area contributed by atoms with Crippen molar-refractivity contribution >= 4 is 0 Å². The average molecular weight is 254 g/mol. The Labute approximate surface area is 107 Å². The highest BCUT2D eigenvalue weighted by molar-refractivity contribution is 5.29. The molecule has 0 atom stereocenters. The summed E-state index contributed by atoms with van der Waals surface area (Å²) in [4.78, 5) is 0. The van der Waals surface area contributed by atoms with E-state index in [1.807, 2.05) is 0 Å². The molecule has 0 spiro atoms. The fourth-order valence-corrected chi connectivity index (χ4v) is 2.74. The second-order valence-electron chi connectivity index (χ2n) is 5.04. The first kappa shape index (κ1) is 13.5. The predicted molar refractivity (Wildman–Crippen MR) is 67.8 cm³/mol. The molecule has 1 fully saturated rings. The van der Waals surface area contributed by atoms with Crippen LogP contribution in [-0.4, -0.2) is 13.7 Å². The minimum absolute atomic E-state index is 0.149. The standard InChI is InChI=1S/C15H20F2O/c1-18-8-7-13-14(16)9-12(10-15(13)17)11-5-3-2-4-6-11/h9-11H,2-8H2,1H3. The lowest BCUT2D eigenvalue weighted by molar-refractivity contribution is 0.200. The van der Waals surface area contributed by atoms with Gasteiger partial charge < -0.3 is 4.74 Å². The van der Waals surface area contributed by atoms with Crippen LogP contribution in [0.3, 0.4) is 0 Å². The van der Waals surface area contributed by atoms with Gasteiger partial charge in [-0.25, -0.2) is 8.78 Å². The summed E-state index contributed by atoms with van der Waals surface area (Å²) >= 11 is 0. The van der Waals surface area contributed by atoms with Crippen molar-refractivity contribution in [2.24, 2.45) is 0 Å². The third-order valence-corrected chi connectivity index (χ3v) is 3.80. The van der Waals surface area contributed by atoms with Gasteiger partial charge in [0.25, 0.3) is 0 Å². The molecule has 0 aliphatic heterocycles. The summed E-state index contributed by atoms with van der Waals surface area (Å²) in [6.07, 6.45) is 5.97. The van der Waals surface area contributed by atoms with Crippen LogP contribution < -0.4 is 0 Å². The Hall–Kier alpha value is -0.960. The highest BCUT2D eigenvalue weighted by Crippen LogP contribution is 2.34. The highest BCUT2D eigenvalue weighted by atomic mass is 19.1. The van der Waals surface area contributed by atoms with Gasteiger partial charge in [-0.3, -0.25) is 0 Å². The van der Waals surface area contributed by atoms with E-state index in [9.17, 15) is 8.78 Å². The minimum Gasteiger partial charge on any atom is -0.384 e. The Morgan fingerprint density at radius 3 is 2.28 bits per heavy atom. The van der Waals surface area contributed by atoms with Crippen LogP contribution in [0.4, 0.5) is 8.78 Å². The molecule has 0 saturated heterocycles. The lowest BCUT2D eigenvalue weighted by Crippen LogP contribution is -2.08. The van der Waals surface area contributed by atoms with Gasteiger partial charge in [-0.1, -0.05) is 19.3 Å². The topological polar surface area (TPSA) is 9.23 Å². The Morgan fingerprint density at radius 2 is 1.72 bits per heavy atom.